The summed E-state index contributed by atoms with van der Waals surface area (Å²) in [6.07, 6.45) is 17.8. The van der Waals surface area contributed by atoms with Crippen molar-refractivity contribution in [3.63, 3.8) is 0 Å². The van der Waals surface area contributed by atoms with Crippen LogP contribution in [0.25, 0.3) is 0 Å². The van der Waals surface area contributed by atoms with E-state index in [1.165, 1.54) is 25.7 Å². The SMILES string of the molecule is COCCCNCC1=C[C@H]2C[C@@]3(O)[C@]4(CCC[C@@]15OC(=O)C=C5[C@@H]24)CC[C@H]1[C@@]3(O)[C@@H](O)[C@H]2C[C@@H]3[C@H](C=CC[C@H]3C3CCCC3)C[C@@H]3[C@@H](O)CC[C@@]1(C=O)[C@@]32O. The molecule has 7 fully saturated rings. The van der Waals surface area contributed by atoms with Gasteiger partial charge in [0.15, 0.2) is 5.60 Å². The highest BCUT2D eigenvalue weighted by atomic mass is 16.6. The second kappa shape index (κ2) is 12.8. The van der Waals surface area contributed by atoms with Gasteiger partial charge in [-0.3, -0.25) is 0 Å². The van der Waals surface area contributed by atoms with Crippen molar-refractivity contribution in [3.8, 4) is 0 Å². The standard InChI is InChI=1S/C45H63NO9/c1-54-18-6-17-46-24-29-19-28-23-43(51)40(13-5-14-42(29)33(38(28)40)22-37(49)55-42)16-12-36-41(25-47)15-11-35(48)32-20-27-9-4-10-30(26-7-2-3-8-26)31(27)21-34(44(32,41)52)39(50)45(36,43)53/h4,9,19,22,25-28,30-32,34-36,38-39,46,48,50-53H,2-3,5-8,10-18,20-21,23-24H2,1H3/t27-,28+,30+,31-,32-,34-,35+,36-,38-,39+,40-,41+,42-,43-,44-,45-/m1/s1. The van der Waals surface area contributed by atoms with Gasteiger partial charge in [0.25, 0.3) is 0 Å². The summed E-state index contributed by atoms with van der Waals surface area (Å²) in [7, 11) is 1.69. The summed E-state index contributed by atoms with van der Waals surface area (Å²) in [5, 5.41) is 69.9. The average Bonchev–Trinajstić information content (AvgIpc) is 3.84. The number of hydrogen-bond donors (Lipinski definition) is 6. The Morgan fingerprint density at radius 2 is 1.76 bits per heavy atom. The smallest absolute Gasteiger partial charge is 0.332 e. The molecule has 0 saturated heterocycles. The number of methoxy groups -OCH3 is 1. The zero-order valence-electron chi connectivity index (χ0n) is 32.5. The van der Waals surface area contributed by atoms with Gasteiger partial charge in [0.05, 0.1) is 23.2 Å². The van der Waals surface area contributed by atoms with E-state index < -0.39 is 63.2 Å². The van der Waals surface area contributed by atoms with E-state index in [1.807, 2.05) is 0 Å². The zero-order chi connectivity index (χ0) is 38.2. The summed E-state index contributed by atoms with van der Waals surface area (Å²) in [6, 6.07) is 0. The lowest BCUT2D eigenvalue weighted by molar-refractivity contribution is -0.375. The van der Waals surface area contributed by atoms with E-state index >= 15 is 0 Å². The van der Waals surface area contributed by atoms with Crippen molar-refractivity contribution >= 4 is 12.3 Å². The van der Waals surface area contributed by atoms with E-state index in [9.17, 15) is 35.1 Å². The molecule has 10 rings (SSSR count). The van der Waals surface area contributed by atoms with Crippen molar-refractivity contribution in [3.05, 3.63) is 35.5 Å². The first-order valence-electron chi connectivity index (χ1n) is 22.0. The normalized spacial score (nSPS) is 53.4. The highest BCUT2D eigenvalue weighted by molar-refractivity contribution is 5.88. The predicted octanol–water partition coefficient (Wildman–Crippen LogP) is 3.92. The molecule has 1 spiro atoms. The first kappa shape index (κ1) is 37.4. The van der Waals surface area contributed by atoms with Crippen molar-refractivity contribution in [2.24, 2.45) is 64.1 Å². The van der Waals surface area contributed by atoms with Crippen LogP contribution in [0.4, 0.5) is 0 Å². The molecule has 0 aromatic rings. The maximum Gasteiger partial charge on any atom is 0.332 e. The molecule has 0 aromatic heterocycles. The third-order valence-electron chi connectivity index (χ3n) is 18.7. The second-order valence-electron chi connectivity index (χ2n) is 20.1. The summed E-state index contributed by atoms with van der Waals surface area (Å²) >= 11 is 0. The fourth-order valence-electron chi connectivity index (χ4n) is 16.8. The van der Waals surface area contributed by atoms with E-state index in [1.54, 1.807) is 13.2 Å². The minimum absolute atomic E-state index is 0.0946. The third kappa shape index (κ3) is 4.52. The molecule has 0 radical (unpaired) electrons. The van der Waals surface area contributed by atoms with Crippen LogP contribution in [0.2, 0.25) is 0 Å². The van der Waals surface area contributed by atoms with Crippen molar-refractivity contribution < 1.29 is 44.6 Å². The lowest BCUT2D eigenvalue weighted by atomic mass is 9.35. The number of ether oxygens (including phenoxy) is 2. The lowest BCUT2D eigenvalue weighted by Crippen LogP contribution is -2.85. The number of fused-ring (bicyclic) bond motifs is 4. The zero-order valence-corrected chi connectivity index (χ0v) is 32.5. The van der Waals surface area contributed by atoms with Gasteiger partial charge in [0.1, 0.15) is 17.5 Å². The molecular weight excluding hydrogens is 698 g/mol. The Balaban J connectivity index is 1.10. The predicted molar refractivity (Wildman–Crippen MR) is 202 cm³/mol. The fraction of sp³-hybridized carbons (Fsp3) is 0.822. The van der Waals surface area contributed by atoms with Gasteiger partial charge in [0.2, 0.25) is 0 Å². The minimum Gasteiger partial charge on any atom is -0.447 e. The van der Waals surface area contributed by atoms with E-state index in [0.717, 1.165) is 36.8 Å². The van der Waals surface area contributed by atoms with Crippen molar-refractivity contribution in [2.75, 3.05) is 26.8 Å². The number of nitrogens with one attached hydrogen (secondary N) is 1. The van der Waals surface area contributed by atoms with Gasteiger partial charge in [-0.2, -0.15) is 0 Å². The Hall–Kier alpha value is -1.92. The summed E-state index contributed by atoms with van der Waals surface area (Å²) < 4.78 is 11.6. The molecule has 0 aromatic carbocycles. The number of carbonyl (C=O) groups excluding carboxylic acids is 2. The number of aliphatic hydroxyl groups excluding tert-OH is 2. The molecule has 7 saturated carbocycles. The van der Waals surface area contributed by atoms with E-state index in [2.05, 4.69) is 23.5 Å². The number of carbonyl (C=O) groups is 2. The topological polar surface area (TPSA) is 166 Å². The monoisotopic (exact) mass is 761 g/mol. The summed E-state index contributed by atoms with van der Waals surface area (Å²) in [6.45, 7) is 1.89. The molecule has 9 aliphatic carbocycles. The molecule has 0 unspecified atom stereocenters. The molecule has 10 aliphatic rings. The van der Waals surface area contributed by atoms with Gasteiger partial charge in [-0.1, -0.05) is 43.9 Å². The number of aldehydes is 1. The Morgan fingerprint density at radius 3 is 2.55 bits per heavy atom. The third-order valence-corrected chi connectivity index (χ3v) is 18.7. The average molecular weight is 762 g/mol. The summed E-state index contributed by atoms with van der Waals surface area (Å²) in [5.41, 5.74) is -7.01. The molecule has 55 heavy (non-hydrogen) atoms. The fourth-order valence-corrected chi connectivity index (χ4v) is 16.8. The van der Waals surface area contributed by atoms with Gasteiger partial charge >= 0.3 is 5.97 Å². The molecule has 2 bridgehead atoms. The van der Waals surface area contributed by atoms with Crippen LogP contribution in [-0.4, -0.2) is 99.2 Å². The quantitative estimate of drug-likeness (QED) is 0.0925. The number of aliphatic hydroxyl groups is 5. The van der Waals surface area contributed by atoms with Gasteiger partial charge in [-0.15, -0.1) is 0 Å². The van der Waals surface area contributed by atoms with Crippen LogP contribution in [0.15, 0.2) is 35.5 Å². The molecular formula is C45H63NO9. The number of esters is 1. The van der Waals surface area contributed by atoms with Crippen molar-refractivity contribution in [1.82, 2.24) is 5.32 Å². The van der Waals surface area contributed by atoms with Crippen LogP contribution < -0.4 is 5.32 Å². The lowest BCUT2D eigenvalue weighted by Gasteiger charge is -2.73. The molecule has 10 nitrogen and oxygen atoms in total. The van der Waals surface area contributed by atoms with Gasteiger partial charge < -0.3 is 45.1 Å². The summed E-state index contributed by atoms with van der Waals surface area (Å²) in [5.74, 6) is -2.17. The maximum atomic E-state index is 14.1. The summed E-state index contributed by atoms with van der Waals surface area (Å²) in [4.78, 5) is 27.4. The minimum atomic E-state index is -2.11. The molecule has 10 heteroatoms. The van der Waals surface area contributed by atoms with Crippen LogP contribution in [-0.2, 0) is 19.1 Å². The van der Waals surface area contributed by atoms with E-state index in [-0.39, 0.29) is 42.5 Å². The largest absolute Gasteiger partial charge is 0.447 e. The number of hydrogen-bond acceptors (Lipinski definition) is 10. The Kier molecular flexibility index (Phi) is 8.69. The molecule has 302 valence electrons. The van der Waals surface area contributed by atoms with Crippen LogP contribution in [0.5, 0.6) is 0 Å². The van der Waals surface area contributed by atoms with Crippen LogP contribution in [0.1, 0.15) is 103 Å². The van der Waals surface area contributed by atoms with Crippen molar-refractivity contribution in [2.45, 2.75) is 137 Å². The first-order valence-corrected chi connectivity index (χ1v) is 22.0. The van der Waals surface area contributed by atoms with E-state index in [4.69, 9.17) is 9.47 Å². The molecule has 6 N–H and O–H groups in total. The molecule has 0 amide bonds. The van der Waals surface area contributed by atoms with Crippen LogP contribution >= 0.6 is 0 Å². The molecule has 16 atom stereocenters. The Bertz CT molecular complexity index is 1690. The molecule has 1 aliphatic heterocycles. The Morgan fingerprint density at radius 1 is 0.945 bits per heavy atom. The van der Waals surface area contributed by atoms with Crippen LogP contribution in [0, 0.1) is 64.1 Å². The van der Waals surface area contributed by atoms with E-state index in [0.29, 0.717) is 76.4 Å². The van der Waals surface area contributed by atoms with Crippen molar-refractivity contribution in [1.29, 1.82) is 0 Å². The maximum absolute atomic E-state index is 14.1. The van der Waals surface area contributed by atoms with Gasteiger partial charge in [-0.25, -0.2) is 4.79 Å². The first-order chi connectivity index (χ1) is 26.5. The number of allylic oxidation sites excluding steroid dienone is 3. The molecule has 1 heterocycles. The highest BCUT2D eigenvalue weighted by Crippen LogP contribution is 2.78. The Labute approximate surface area is 325 Å². The van der Waals surface area contributed by atoms with Crippen LogP contribution in [0.3, 0.4) is 0 Å². The number of rotatable bonds is 8. The second-order valence-corrected chi connectivity index (χ2v) is 20.1. The van der Waals surface area contributed by atoms with Gasteiger partial charge in [0, 0.05) is 49.5 Å². The highest BCUT2D eigenvalue weighted by Gasteiger charge is 2.86. The van der Waals surface area contributed by atoms with Gasteiger partial charge in [-0.05, 0) is 130 Å².